The van der Waals surface area contributed by atoms with Crippen molar-refractivity contribution in [1.82, 2.24) is 9.88 Å². The van der Waals surface area contributed by atoms with Crippen LogP contribution in [0.2, 0.25) is 5.02 Å². The average molecular weight is 374 g/mol. The molecule has 1 fully saturated rings. The number of amides is 1. The lowest BCUT2D eigenvalue weighted by molar-refractivity contribution is -0.134. The van der Waals surface area contributed by atoms with E-state index in [1.54, 1.807) is 17.0 Å². The van der Waals surface area contributed by atoms with Gasteiger partial charge in [-0.25, -0.2) is 4.79 Å². The fourth-order valence-electron chi connectivity index (χ4n) is 2.78. The maximum Gasteiger partial charge on any atom is 0.340 e. The number of pyridine rings is 1. The number of carbonyl (C=O) groups is 2. The molecular formula is C19H20ClN3O3. The first-order valence-electron chi connectivity index (χ1n) is 8.41. The smallest absolute Gasteiger partial charge is 0.340 e. The zero-order chi connectivity index (χ0) is 18.5. The predicted octanol–water partition coefficient (Wildman–Crippen LogP) is 2.55. The molecule has 1 aromatic carbocycles. The van der Waals surface area contributed by atoms with Gasteiger partial charge in [-0.3, -0.25) is 9.78 Å². The predicted molar refractivity (Wildman–Crippen MR) is 99.5 cm³/mol. The molecule has 1 amide bonds. The quantitative estimate of drug-likeness (QED) is 0.771. The number of rotatable bonds is 4. The number of nitrogens with zero attached hydrogens (tertiary/aromatic N) is 3. The van der Waals surface area contributed by atoms with Crippen molar-refractivity contribution in [2.24, 2.45) is 0 Å². The van der Waals surface area contributed by atoms with Crippen LogP contribution in [0.1, 0.15) is 16.1 Å². The van der Waals surface area contributed by atoms with E-state index in [0.717, 1.165) is 11.4 Å². The Bertz CT molecular complexity index is 787. The Morgan fingerprint density at radius 1 is 1.15 bits per heavy atom. The van der Waals surface area contributed by atoms with Gasteiger partial charge in [0.05, 0.1) is 5.56 Å². The maximum atomic E-state index is 12.3. The molecule has 0 radical (unpaired) electrons. The molecule has 2 heterocycles. The van der Waals surface area contributed by atoms with E-state index >= 15 is 0 Å². The topological polar surface area (TPSA) is 62.7 Å². The van der Waals surface area contributed by atoms with E-state index < -0.39 is 5.97 Å². The largest absolute Gasteiger partial charge is 0.452 e. The van der Waals surface area contributed by atoms with Crippen LogP contribution in [0.25, 0.3) is 0 Å². The van der Waals surface area contributed by atoms with Crippen molar-refractivity contribution in [3.05, 3.63) is 58.9 Å². The molecule has 1 aliphatic rings. The number of ether oxygens (including phenoxy) is 1. The molecule has 3 rings (SSSR count). The highest BCUT2D eigenvalue weighted by Gasteiger charge is 2.22. The minimum absolute atomic E-state index is 0.191. The summed E-state index contributed by atoms with van der Waals surface area (Å²) < 4.78 is 5.11. The molecule has 0 unspecified atom stereocenters. The molecule has 7 heteroatoms. The first-order chi connectivity index (χ1) is 12.5. The molecule has 136 valence electrons. The summed E-state index contributed by atoms with van der Waals surface area (Å²) in [5.41, 5.74) is 2.20. The van der Waals surface area contributed by atoms with Crippen LogP contribution in [0.3, 0.4) is 0 Å². The van der Waals surface area contributed by atoms with Gasteiger partial charge in [0.1, 0.15) is 0 Å². The number of anilines is 1. The van der Waals surface area contributed by atoms with Crippen LogP contribution < -0.4 is 4.90 Å². The number of halogens is 1. The van der Waals surface area contributed by atoms with Crippen molar-refractivity contribution in [1.29, 1.82) is 0 Å². The Balaban J connectivity index is 1.47. The van der Waals surface area contributed by atoms with Gasteiger partial charge >= 0.3 is 5.97 Å². The summed E-state index contributed by atoms with van der Waals surface area (Å²) in [6, 6.07) is 11.0. The SMILES string of the molecule is Cc1ccc(C(=O)OCC(=O)N2CCN(c3cccc(Cl)c3)CC2)cn1. The van der Waals surface area contributed by atoms with E-state index in [1.807, 2.05) is 31.2 Å². The van der Waals surface area contributed by atoms with E-state index in [1.165, 1.54) is 6.20 Å². The molecule has 0 atom stereocenters. The van der Waals surface area contributed by atoms with Crippen molar-refractivity contribution in [3.8, 4) is 0 Å². The normalized spacial score (nSPS) is 14.2. The van der Waals surface area contributed by atoms with Gasteiger partial charge in [-0.15, -0.1) is 0 Å². The van der Waals surface area contributed by atoms with Gasteiger partial charge in [-0.1, -0.05) is 17.7 Å². The van der Waals surface area contributed by atoms with Gasteiger partial charge in [-0.05, 0) is 37.3 Å². The summed E-state index contributed by atoms with van der Waals surface area (Å²) in [6.07, 6.45) is 1.45. The zero-order valence-electron chi connectivity index (χ0n) is 14.5. The van der Waals surface area contributed by atoms with E-state index in [0.29, 0.717) is 36.8 Å². The minimum atomic E-state index is -0.539. The Labute approximate surface area is 157 Å². The number of hydrogen-bond acceptors (Lipinski definition) is 5. The number of benzene rings is 1. The van der Waals surface area contributed by atoms with Gasteiger partial charge in [0.25, 0.3) is 5.91 Å². The fourth-order valence-corrected chi connectivity index (χ4v) is 2.96. The lowest BCUT2D eigenvalue weighted by Gasteiger charge is -2.36. The van der Waals surface area contributed by atoms with Gasteiger partial charge in [0, 0.05) is 48.8 Å². The Morgan fingerprint density at radius 2 is 1.92 bits per heavy atom. The van der Waals surface area contributed by atoms with Crippen LogP contribution in [0.15, 0.2) is 42.6 Å². The van der Waals surface area contributed by atoms with Crippen LogP contribution >= 0.6 is 11.6 Å². The van der Waals surface area contributed by atoms with Crippen LogP contribution in [-0.2, 0) is 9.53 Å². The van der Waals surface area contributed by atoms with Crippen molar-refractivity contribution >= 4 is 29.2 Å². The summed E-state index contributed by atoms with van der Waals surface area (Å²) in [7, 11) is 0. The van der Waals surface area contributed by atoms with Crippen LogP contribution in [-0.4, -0.2) is 54.5 Å². The third kappa shape index (κ3) is 4.52. The second-order valence-electron chi connectivity index (χ2n) is 6.11. The number of carbonyl (C=O) groups excluding carboxylic acids is 2. The molecule has 0 spiro atoms. The molecular weight excluding hydrogens is 354 g/mol. The molecule has 0 saturated carbocycles. The number of hydrogen-bond donors (Lipinski definition) is 0. The van der Waals surface area contributed by atoms with E-state index in [-0.39, 0.29) is 12.5 Å². The molecule has 2 aromatic rings. The summed E-state index contributed by atoms with van der Waals surface area (Å²) in [4.78, 5) is 32.2. The van der Waals surface area contributed by atoms with Gasteiger partial charge in [-0.2, -0.15) is 0 Å². The second-order valence-corrected chi connectivity index (χ2v) is 6.55. The molecule has 26 heavy (non-hydrogen) atoms. The first kappa shape index (κ1) is 18.2. The maximum absolute atomic E-state index is 12.3. The fraction of sp³-hybridized carbons (Fsp3) is 0.316. The average Bonchev–Trinajstić information content (AvgIpc) is 2.66. The van der Waals surface area contributed by atoms with Crippen LogP contribution in [0, 0.1) is 6.92 Å². The number of piperazine rings is 1. The van der Waals surface area contributed by atoms with Gasteiger partial charge < -0.3 is 14.5 Å². The molecule has 6 nitrogen and oxygen atoms in total. The zero-order valence-corrected chi connectivity index (χ0v) is 15.3. The van der Waals surface area contributed by atoms with Crippen molar-refractivity contribution < 1.29 is 14.3 Å². The Hall–Kier alpha value is -2.60. The highest BCUT2D eigenvalue weighted by molar-refractivity contribution is 6.30. The number of esters is 1. The van der Waals surface area contributed by atoms with Gasteiger partial charge in [0.15, 0.2) is 6.61 Å². The van der Waals surface area contributed by atoms with E-state index in [9.17, 15) is 9.59 Å². The highest BCUT2D eigenvalue weighted by Crippen LogP contribution is 2.20. The summed E-state index contributed by atoms with van der Waals surface area (Å²) >= 11 is 6.03. The summed E-state index contributed by atoms with van der Waals surface area (Å²) in [5.74, 6) is -0.729. The third-order valence-electron chi connectivity index (χ3n) is 4.28. The van der Waals surface area contributed by atoms with E-state index in [2.05, 4.69) is 9.88 Å². The van der Waals surface area contributed by atoms with Crippen LogP contribution in [0.5, 0.6) is 0 Å². The van der Waals surface area contributed by atoms with Crippen molar-refractivity contribution in [3.63, 3.8) is 0 Å². The molecule has 0 N–H and O–H groups in total. The molecule has 1 aliphatic heterocycles. The Morgan fingerprint density at radius 3 is 2.58 bits per heavy atom. The van der Waals surface area contributed by atoms with E-state index in [4.69, 9.17) is 16.3 Å². The lowest BCUT2D eigenvalue weighted by atomic mass is 10.2. The Kier molecular flexibility index (Phi) is 5.73. The molecule has 1 aromatic heterocycles. The molecule has 0 bridgehead atoms. The summed E-state index contributed by atoms with van der Waals surface area (Å²) in [6.45, 7) is 4.15. The third-order valence-corrected chi connectivity index (χ3v) is 4.51. The van der Waals surface area contributed by atoms with Crippen molar-refractivity contribution in [2.75, 3.05) is 37.7 Å². The van der Waals surface area contributed by atoms with Gasteiger partial charge in [0.2, 0.25) is 0 Å². The standard InChI is InChI=1S/C19H20ClN3O3/c1-14-5-6-15(12-21-14)19(25)26-13-18(24)23-9-7-22(8-10-23)17-4-2-3-16(20)11-17/h2-6,11-12H,7-10,13H2,1H3. The molecule has 1 saturated heterocycles. The van der Waals surface area contributed by atoms with Crippen molar-refractivity contribution in [2.45, 2.75) is 6.92 Å². The number of aryl methyl sites for hydroxylation is 1. The minimum Gasteiger partial charge on any atom is -0.452 e. The first-order valence-corrected chi connectivity index (χ1v) is 8.79. The highest BCUT2D eigenvalue weighted by atomic mass is 35.5. The lowest BCUT2D eigenvalue weighted by Crippen LogP contribution is -2.49. The second kappa shape index (κ2) is 8.19. The van der Waals surface area contributed by atoms with Crippen LogP contribution in [0.4, 0.5) is 5.69 Å². The molecule has 0 aliphatic carbocycles. The number of aromatic nitrogens is 1. The monoisotopic (exact) mass is 373 g/mol. The summed E-state index contributed by atoms with van der Waals surface area (Å²) in [5, 5.41) is 0.693.